The molecule has 0 fully saturated rings. The van der Waals surface area contributed by atoms with E-state index in [0.29, 0.717) is 0 Å². The molecule has 1 N–H and O–H groups in total. The Morgan fingerprint density at radius 3 is 2.18 bits per heavy atom. The smallest absolute Gasteiger partial charge is 0.0540 e. The second kappa shape index (κ2) is 5.15. The molecule has 0 heterocycles. The fraction of sp³-hybridized carbons (Fsp3) is 0.250. The zero-order valence-electron chi connectivity index (χ0n) is 10.4. The number of benzene rings is 2. The molecule has 1 unspecified atom stereocenters. The van der Waals surface area contributed by atoms with Crippen LogP contribution < -0.4 is 0 Å². The largest absolute Gasteiger partial charge is 0.395 e. The van der Waals surface area contributed by atoms with Crippen LogP contribution in [0.4, 0.5) is 0 Å². The zero-order valence-corrected chi connectivity index (χ0v) is 10.4. The number of hydrogen-bond acceptors (Lipinski definition) is 1. The summed E-state index contributed by atoms with van der Waals surface area (Å²) in [5, 5.41) is 9.63. The fourth-order valence-corrected chi connectivity index (χ4v) is 2.16. The minimum atomic E-state index is 0.0804. The number of aliphatic hydroxyl groups excluding tert-OH is 1. The van der Waals surface area contributed by atoms with Gasteiger partial charge in [-0.05, 0) is 30.5 Å². The summed E-state index contributed by atoms with van der Waals surface area (Å²) in [5.41, 5.74) is 4.86. The van der Waals surface area contributed by atoms with Gasteiger partial charge in [-0.1, -0.05) is 54.1 Å². The van der Waals surface area contributed by atoms with Gasteiger partial charge in [0.05, 0.1) is 6.61 Å². The topological polar surface area (TPSA) is 20.2 Å². The summed E-state index contributed by atoms with van der Waals surface area (Å²) in [6, 6.07) is 16.6. The van der Waals surface area contributed by atoms with E-state index in [1.807, 2.05) is 12.1 Å². The van der Waals surface area contributed by atoms with Crippen molar-refractivity contribution in [1.82, 2.24) is 0 Å². The zero-order chi connectivity index (χ0) is 12.3. The molecule has 0 amide bonds. The van der Waals surface area contributed by atoms with Crippen molar-refractivity contribution in [3.05, 3.63) is 70.8 Å². The molecule has 1 nitrogen and oxygen atoms in total. The molecule has 0 radical (unpaired) electrons. The monoisotopic (exact) mass is 226 g/mol. The highest BCUT2D eigenvalue weighted by Crippen LogP contribution is 2.26. The minimum absolute atomic E-state index is 0.0804. The highest BCUT2D eigenvalue weighted by Gasteiger charge is 2.14. The summed E-state index contributed by atoms with van der Waals surface area (Å²) >= 11 is 0. The van der Waals surface area contributed by atoms with Gasteiger partial charge in [0, 0.05) is 5.92 Å². The summed E-state index contributed by atoms with van der Waals surface area (Å²) in [7, 11) is 0. The highest BCUT2D eigenvalue weighted by atomic mass is 16.3. The molecule has 0 saturated heterocycles. The maximum Gasteiger partial charge on any atom is 0.0540 e. The lowest BCUT2D eigenvalue weighted by atomic mass is 9.89. The second-order valence-corrected chi connectivity index (χ2v) is 4.50. The number of rotatable bonds is 3. The van der Waals surface area contributed by atoms with Crippen LogP contribution in [-0.4, -0.2) is 11.7 Å². The third-order valence-electron chi connectivity index (χ3n) is 3.23. The SMILES string of the molecule is Cc1ccc(C(CO)c2ccccc2C)cc1. The molecule has 2 aromatic carbocycles. The first kappa shape index (κ1) is 11.9. The van der Waals surface area contributed by atoms with Gasteiger partial charge in [0.1, 0.15) is 0 Å². The van der Waals surface area contributed by atoms with Crippen molar-refractivity contribution < 1.29 is 5.11 Å². The fourth-order valence-electron chi connectivity index (χ4n) is 2.16. The van der Waals surface area contributed by atoms with E-state index in [2.05, 4.69) is 50.2 Å². The molecule has 0 saturated carbocycles. The van der Waals surface area contributed by atoms with E-state index in [0.717, 1.165) is 0 Å². The van der Waals surface area contributed by atoms with Crippen molar-refractivity contribution in [2.75, 3.05) is 6.61 Å². The van der Waals surface area contributed by atoms with Crippen LogP contribution in [0.3, 0.4) is 0 Å². The van der Waals surface area contributed by atoms with E-state index in [9.17, 15) is 5.11 Å². The Bertz CT molecular complexity index is 485. The van der Waals surface area contributed by atoms with E-state index in [1.54, 1.807) is 0 Å². The average Bonchev–Trinajstić information content (AvgIpc) is 2.35. The van der Waals surface area contributed by atoms with Crippen LogP contribution in [0.15, 0.2) is 48.5 Å². The van der Waals surface area contributed by atoms with Gasteiger partial charge in [0.25, 0.3) is 0 Å². The number of aryl methyl sites for hydroxylation is 2. The van der Waals surface area contributed by atoms with Gasteiger partial charge >= 0.3 is 0 Å². The quantitative estimate of drug-likeness (QED) is 0.850. The van der Waals surface area contributed by atoms with Crippen molar-refractivity contribution >= 4 is 0 Å². The maximum absolute atomic E-state index is 9.63. The van der Waals surface area contributed by atoms with E-state index < -0.39 is 0 Å². The van der Waals surface area contributed by atoms with Gasteiger partial charge in [-0.2, -0.15) is 0 Å². The Morgan fingerprint density at radius 2 is 1.59 bits per heavy atom. The average molecular weight is 226 g/mol. The third-order valence-corrected chi connectivity index (χ3v) is 3.23. The molecule has 0 aliphatic carbocycles. The van der Waals surface area contributed by atoms with Gasteiger partial charge in [-0.25, -0.2) is 0 Å². The lowest BCUT2D eigenvalue weighted by molar-refractivity contribution is 0.280. The van der Waals surface area contributed by atoms with E-state index in [-0.39, 0.29) is 12.5 Å². The molecular formula is C16H18O. The van der Waals surface area contributed by atoms with Gasteiger partial charge in [0.15, 0.2) is 0 Å². The normalized spacial score (nSPS) is 12.4. The van der Waals surface area contributed by atoms with E-state index >= 15 is 0 Å². The first-order valence-corrected chi connectivity index (χ1v) is 5.95. The molecular weight excluding hydrogens is 208 g/mol. The van der Waals surface area contributed by atoms with Crippen molar-refractivity contribution in [3.8, 4) is 0 Å². The van der Waals surface area contributed by atoms with E-state index in [4.69, 9.17) is 0 Å². The molecule has 1 atom stereocenters. The van der Waals surface area contributed by atoms with Gasteiger partial charge in [0.2, 0.25) is 0 Å². The number of hydrogen-bond donors (Lipinski definition) is 1. The first-order valence-electron chi connectivity index (χ1n) is 5.95. The molecule has 17 heavy (non-hydrogen) atoms. The Labute approximate surface area is 103 Å². The summed E-state index contributed by atoms with van der Waals surface area (Å²) < 4.78 is 0. The minimum Gasteiger partial charge on any atom is -0.395 e. The number of aliphatic hydroxyl groups is 1. The third kappa shape index (κ3) is 2.56. The Morgan fingerprint density at radius 1 is 0.941 bits per heavy atom. The summed E-state index contributed by atoms with van der Waals surface area (Å²) in [6.45, 7) is 4.31. The lowest BCUT2D eigenvalue weighted by Gasteiger charge is -2.17. The molecule has 2 rings (SSSR count). The van der Waals surface area contributed by atoms with Crippen LogP contribution in [0.2, 0.25) is 0 Å². The van der Waals surface area contributed by atoms with Crippen LogP contribution in [0.5, 0.6) is 0 Å². The second-order valence-electron chi connectivity index (χ2n) is 4.50. The Balaban J connectivity index is 2.40. The summed E-state index contributed by atoms with van der Waals surface area (Å²) in [5.74, 6) is 0.0804. The molecule has 88 valence electrons. The standard InChI is InChI=1S/C16H18O/c1-12-7-9-14(10-8-12)16(11-17)15-6-4-3-5-13(15)2/h3-10,16-17H,11H2,1-2H3. The van der Waals surface area contributed by atoms with Crippen LogP contribution in [-0.2, 0) is 0 Å². The molecule has 1 heteroatoms. The summed E-state index contributed by atoms with van der Waals surface area (Å²) in [4.78, 5) is 0. The van der Waals surface area contributed by atoms with Crippen LogP contribution in [0.25, 0.3) is 0 Å². The van der Waals surface area contributed by atoms with Gasteiger partial charge < -0.3 is 5.11 Å². The predicted octanol–water partition coefficient (Wildman–Crippen LogP) is 3.43. The lowest BCUT2D eigenvalue weighted by Crippen LogP contribution is -2.07. The molecule has 0 aliphatic rings. The van der Waals surface area contributed by atoms with Crippen molar-refractivity contribution in [1.29, 1.82) is 0 Å². The van der Waals surface area contributed by atoms with Crippen LogP contribution >= 0.6 is 0 Å². The molecule has 0 spiro atoms. The van der Waals surface area contributed by atoms with Gasteiger partial charge in [-0.3, -0.25) is 0 Å². The molecule has 0 aliphatic heterocycles. The van der Waals surface area contributed by atoms with Crippen LogP contribution in [0, 0.1) is 13.8 Å². The molecule has 0 aromatic heterocycles. The van der Waals surface area contributed by atoms with Crippen LogP contribution in [0.1, 0.15) is 28.2 Å². The Kier molecular flexibility index (Phi) is 3.60. The highest BCUT2D eigenvalue weighted by molar-refractivity contribution is 5.38. The Hall–Kier alpha value is -1.60. The van der Waals surface area contributed by atoms with Crippen molar-refractivity contribution in [2.24, 2.45) is 0 Å². The predicted molar refractivity (Wildman–Crippen MR) is 71.3 cm³/mol. The maximum atomic E-state index is 9.63. The van der Waals surface area contributed by atoms with Gasteiger partial charge in [-0.15, -0.1) is 0 Å². The molecule has 0 bridgehead atoms. The van der Waals surface area contributed by atoms with Crippen molar-refractivity contribution in [3.63, 3.8) is 0 Å². The van der Waals surface area contributed by atoms with E-state index in [1.165, 1.54) is 22.3 Å². The first-order chi connectivity index (χ1) is 8.22. The van der Waals surface area contributed by atoms with Crippen molar-refractivity contribution in [2.45, 2.75) is 19.8 Å². The summed E-state index contributed by atoms with van der Waals surface area (Å²) in [6.07, 6.45) is 0. The molecule has 2 aromatic rings.